The zero-order chi connectivity index (χ0) is 14.8. The number of allylic oxidation sites excluding steroid dienone is 5. The molecule has 0 saturated carbocycles. The van der Waals surface area contributed by atoms with Gasteiger partial charge in [-0.1, -0.05) is 36.4 Å². The SMILES string of the molecule is CC=CC(=CC)C=C(CNc1ccccc1)C(=O)OC. The average molecular weight is 271 g/mol. The number of esters is 1. The van der Waals surface area contributed by atoms with Crippen LogP contribution >= 0.6 is 0 Å². The Morgan fingerprint density at radius 1 is 1.25 bits per heavy atom. The molecule has 0 aliphatic heterocycles. The van der Waals surface area contributed by atoms with Gasteiger partial charge in [-0.25, -0.2) is 4.79 Å². The Hall–Kier alpha value is -2.29. The number of carbonyl (C=O) groups is 1. The third-order valence-corrected chi connectivity index (χ3v) is 2.74. The van der Waals surface area contributed by atoms with Crippen molar-refractivity contribution >= 4 is 11.7 Å². The second-order valence-corrected chi connectivity index (χ2v) is 4.17. The van der Waals surface area contributed by atoms with Gasteiger partial charge in [0.05, 0.1) is 12.7 Å². The predicted molar refractivity (Wildman–Crippen MR) is 83.6 cm³/mol. The van der Waals surface area contributed by atoms with E-state index in [2.05, 4.69) is 5.32 Å². The highest BCUT2D eigenvalue weighted by molar-refractivity contribution is 5.90. The van der Waals surface area contributed by atoms with Gasteiger partial charge >= 0.3 is 5.97 Å². The third-order valence-electron chi connectivity index (χ3n) is 2.74. The number of hydrogen-bond donors (Lipinski definition) is 1. The van der Waals surface area contributed by atoms with Gasteiger partial charge in [-0.2, -0.15) is 0 Å². The number of nitrogens with one attached hydrogen (secondary N) is 1. The van der Waals surface area contributed by atoms with Crippen molar-refractivity contribution < 1.29 is 9.53 Å². The van der Waals surface area contributed by atoms with Crippen molar-refractivity contribution in [3.05, 3.63) is 65.8 Å². The Balaban J connectivity index is 2.85. The summed E-state index contributed by atoms with van der Waals surface area (Å²) in [6.07, 6.45) is 7.67. The molecule has 1 rings (SSSR count). The lowest BCUT2D eigenvalue weighted by atomic mass is 10.1. The van der Waals surface area contributed by atoms with E-state index in [-0.39, 0.29) is 5.97 Å². The Morgan fingerprint density at radius 2 is 1.95 bits per heavy atom. The molecule has 0 aromatic heterocycles. The van der Waals surface area contributed by atoms with Crippen LogP contribution in [0, 0.1) is 0 Å². The Bertz CT molecular complexity index is 513. The molecular formula is C17H21NO2. The fourth-order valence-corrected chi connectivity index (χ4v) is 1.69. The number of benzene rings is 1. The highest BCUT2D eigenvalue weighted by Crippen LogP contribution is 2.10. The first-order chi connectivity index (χ1) is 9.71. The zero-order valence-electron chi connectivity index (χ0n) is 12.2. The van der Waals surface area contributed by atoms with Crippen molar-refractivity contribution in [3.8, 4) is 0 Å². The number of methoxy groups -OCH3 is 1. The zero-order valence-corrected chi connectivity index (χ0v) is 12.2. The monoisotopic (exact) mass is 271 g/mol. The Kier molecular flexibility index (Phi) is 6.90. The number of para-hydroxylation sites is 1. The maximum atomic E-state index is 11.8. The summed E-state index contributed by atoms with van der Waals surface area (Å²) in [5.74, 6) is -0.322. The van der Waals surface area contributed by atoms with Crippen LogP contribution in [0.2, 0.25) is 0 Å². The summed E-state index contributed by atoms with van der Waals surface area (Å²) in [4.78, 5) is 11.8. The Morgan fingerprint density at radius 3 is 2.50 bits per heavy atom. The van der Waals surface area contributed by atoms with Crippen molar-refractivity contribution in [2.24, 2.45) is 0 Å². The molecule has 0 spiro atoms. The fourth-order valence-electron chi connectivity index (χ4n) is 1.69. The van der Waals surface area contributed by atoms with Crippen LogP contribution in [0.15, 0.2) is 65.8 Å². The summed E-state index contributed by atoms with van der Waals surface area (Å²) in [6.45, 7) is 4.30. The Labute approximate surface area is 120 Å². The first kappa shape index (κ1) is 15.8. The van der Waals surface area contributed by atoms with Crippen LogP contribution in [-0.4, -0.2) is 19.6 Å². The van der Waals surface area contributed by atoms with Crippen LogP contribution in [0.1, 0.15) is 13.8 Å². The van der Waals surface area contributed by atoms with Gasteiger partial charge in [0.25, 0.3) is 0 Å². The van der Waals surface area contributed by atoms with Crippen molar-refractivity contribution in [2.75, 3.05) is 19.0 Å². The molecule has 106 valence electrons. The van der Waals surface area contributed by atoms with Crippen LogP contribution < -0.4 is 5.32 Å². The van der Waals surface area contributed by atoms with Gasteiger partial charge in [0.1, 0.15) is 0 Å². The molecule has 0 heterocycles. The van der Waals surface area contributed by atoms with Crippen LogP contribution in [0.4, 0.5) is 5.69 Å². The van der Waals surface area contributed by atoms with Crippen molar-refractivity contribution in [3.63, 3.8) is 0 Å². The van der Waals surface area contributed by atoms with Gasteiger partial charge in [0, 0.05) is 12.2 Å². The van der Waals surface area contributed by atoms with E-state index in [9.17, 15) is 4.79 Å². The number of ether oxygens (including phenoxy) is 1. The van der Waals surface area contributed by atoms with E-state index < -0.39 is 0 Å². The minimum absolute atomic E-state index is 0.322. The van der Waals surface area contributed by atoms with Crippen molar-refractivity contribution in [1.29, 1.82) is 0 Å². The summed E-state index contributed by atoms with van der Waals surface area (Å²) in [7, 11) is 1.39. The quantitative estimate of drug-likeness (QED) is 0.487. The molecule has 0 bridgehead atoms. The van der Waals surface area contributed by atoms with Gasteiger partial charge in [-0.05, 0) is 37.6 Å². The molecule has 3 heteroatoms. The average Bonchev–Trinajstić information content (AvgIpc) is 2.50. The minimum atomic E-state index is -0.322. The maximum Gasteiger partial charge on any atom is 0.335 e. The molecule has 1 aromatic carbocycles. The molecule has 0 aliphatic rings. The van der Waals surface area contributed by atoms with E-state index in [1.165, 1.54) is 7.11 Å². The van der Waals surface area contributed by atoms with Crippen LogP contribution in [-0.2, 0) is 9.53 Å². The summed E-state index contributed by atoms with van der Waals surface area (Å²) >= 11 is 0. The molecule has 20 heavy (non-hydrogen) atoms. The van der Waals surface area contributed by atoms with Gasteiger partial charge in [0.2, 0.25) is 0 Å². The summed E-state index contributed by atoms with van der Waals surface area (Å²) in [6, 6.07) is 9.75. The second-order valence-electron chi connectivity index (χ2n) is 4.17. The first-order valence-corrected chi connectivity index (χ1v) is 6.58. The van der Waals surface area contributed by atoms with E-state index in [0.717, 1.165) is 11.3 Å². The molecule has 0 atom stereocenters. The summed E-state index contributed by atoms with van der Waals surface area (Å²) < 4.78 is 4.83. The molecule has 0 radical (unpaired) electrons. The number of hydrogen-bond acceptors (Lipinski definition) is 3. The number of anilines is 1. The van der Waals surface area contributed by atoms with Crippen molar-refractivity contribution in [2.45, 2.75) is 13.8 Å². The largest absolute Gasteiger partial charge is 0.466 e. The van der Waals surface area contributed by atoms with E-state index >= 15 is 0 Å². The molecular weight excluding hydrogens is 250 g/mol. The van der Waals surface area contributed by atoms with Gasteiger partial charge in [-0.15, -0.1) is 0 Å². The van der Waals surface area contributed by atoms with Crippen molar-refractivity contribution in [1.82, 2.24) is 0 Å². The van der Waals surface area contributed by atoms with Gasteiger partial charge < -0.3 is 10.1 Å². The fraction of sp³-hybridized carbons (Fsp3) is 0.235. The summed E-state index contributed by atoms with van der Waals surface area (Å²) in [5.41, 5.74) is 2.53. The van der Waals surface area contributed by atoms with E-state index in [1.54, 1.807) is 0 Å². The molecule has 1 aromatic rings. The lowest BCUT2D eigenvalue weighted by molar-refractivity contribution is -0.136. The summed E-state index contributed by atoms with van der Waals surface area (Å²) in [5, 5.41) is 3.21. The van der Waals surface area contributed by atoms with Crippen LogP contribution in [0.3, 0.4) is 0 Å². The van der Waals surface area contributed by atoms with Crippen LogP contribution in [0.25, 0.3) is 0 Å². The molecule has 0 aliphatic carbocycles. The standard InChI is InChI=1S/C17H21NO2/c1-4-9-14(5-2)12-15(17(19)20-3)13-18-16-10-7-6-8-11-16/h4-12,18H,13H2,1-3H3. The molecule has 0 fully saturated rings. The second kappa shape index (κ2) is 8.75. The predicted octanol–water partition coefficient (Wildman–Crippen LogP) is 3.72. The van der Waals surface area contributed by atoms with Gasteiger partial charge in [-0.3, -0.25) is 0 Å². The first-order valence-electron chi connectivity index (χ1n) is 6.58. The lowest BCUT2D eigenvalue weighted by Gasteiger charge is -2.09. The van der Waals surface area contributed by atoms with Gasteiger partial charge in [0.15, 0.2) is 0 Å². The third kappa shape index (κ3) is 5.14. The topological polar surface area (TPSA) is 38.3 Å². The molecule has 0 unspecified atom stereocenters. The molecule has 3 nitrogen and oxygen atoms in total. The lowest BCUT2D eigenvalue weighted by Crippen LogP contribution is -2.14. The smallest absolute Gasteiger partial charge is 0.335 e. The number of rotatable bonds is 6. The molecule has 0 saturated heterocycles. The van der Waals surface area contributed by atoms with E-state index in [0.29, 0.717) is 12.1 Å². The molecule has 0 amide bonds. The van der Waals surface area contributed by atoms with E-state index in [1.807, 2.05) is 68.5 Å². The molecule has 1 N–H and O–H groups in total. The van der Waals surface area contributed by atoms with Crippen LogP contribution in [0.5, 0.6) is 0 Å². The van der Waals surface area contributed by atoms with E-state index in [4.69, 9.17) is 4.74 Å². The highest BCUT2D eigenvalue weighted by Gasteiger charge is 2.09. The maximum absolute atomic E-state index is 11.8. The normalized spacial score (nSPS) is 12.6. The minimum Gasteiger partial charge on any atom is -0.466 e. The highest BCUT2D eigenvalue weighted by atomic mass is 16.5. The number of carbonyl (C=O) groups excluding carboxylic acids is 1.